The summed E-state index contributed by atoms with van der Waals surface area (Å²) in [6, 6.07) is 6.22. The number of esters is 1. The number of hydrogen-bond acceptors (Lipinski definition) is 3. The minimum atomic E-state index is -4.97. The second-order valence-corrected chi connectivity index (χ2v) is 10.9. The topological polar surface area (TPSA) is 35.5 Å². The van der Waals surface area contributed by atoms with E-state index < -0.39 is 32.7 Å². The van der Waals surface area contributed by atoms with Crippen LogP contribution in [0.15, 0.2) is 18.2 Å². The molecule has 1 aliphatic rings. The third-order valence-corrected chi connectivity index (χ3v) is 8.77. The lowest BCUT2D eigenvalue weighted by Crippen LogP contribution is -2.28. The van der Waals surface area contributed by atoms with Crippen molar-refractivity contribution in [2.24, 2.45) is 5.92 Å². The highest BCUT2D eigenvalue weighted by atomic mass is 28.3. The fourth-order valence-electron chi connectivity index (χ4n) is 3.68. The Hall–Kier alpha value is -1.57. The predicted molar refractivity (Wildman–Crippen MR) is 102 cm³/mol. The summed E-state index contributed by atoms with van der Waals surface area (Å²) in [5, 5.41) is 0. The van der Waals surface area contributed by atoms with Gasteiger partial charge in [0.1, 0.15) is 5.75 Å². The fraction of sp³-hybridized carbons (Fsp3) is 0.650. The number of carbonyl (C=O) groups excluding carboxylic acids is 1. The molecule has 0 amide bonds. The molecule has 1 heterocycles. The maximum Gasteiger partial charge on any atom is 0.573 e. The summed E-state index contributed by atoms with van der Waals surface area (Å²) in [5.74, 6) is -2.91. The number of halogens is 4. The lowest BCUT2D eigenvalue weighted by Gasteiger charge is -2.26. The summed E-state index contributed by atoms with van der Waals surface area (Å²) in [4.78, 5) is 12.3. The van der Waals surface area contributed by atoms with Gasteiger partial charge in [0, 0.05) is 14.9 Å². The van der Waals surface area contributed by atoms with E-state index in [1.54, 1.807) is 0 Å². The Kier molecular flexibility index (Phi) is 8.79. The predicted octanol–water partition coefficient (Wildman–Crippen LogP) is 6.24. The Morgan fingerprint density at radius 3 is 2.43 bits per heavy atom. The molecule has 1 aromatic rings. The molecule has 158 valence electrons. The summed E-state index contributed by atoms with van der Waals surface area (Å²) in [5.41, 5.74) is 0. The smallest absolute Gasteiger partial charge is 0.426 e. The molecule has 8 heteroatoms. The van der Waals surface area contributed by atoms with E-state index >= 15 is 0 Å². The Morgan fingerprint density at radius 2 is 1.82 bits per heavy atom. The molecule has 0 aromatic heterocycles. The van der Waals surface area contributed by atoms with Crippen LogP contribution in [0, 0.1) is 11.7 Å². The van der Waals surface area contributed by atoms with Crippen LogP contribution in [-0.2, 0) is 4.79 Å². The van der Waals surface area contributed by atoms with E-state index in [-0.39, 0.29) is 11.7 Å². The van der Waals surface area contributed by atoms with Gasteiger partial charge in [0.05, 0.1) is 5.92 Å². The Morgan fingerprint density at radius 1 is 1.14 bits per heavy atom. The standard InChI is InChI=1S/C20H28F4O3Si/c1-2-3-4-5-6-11-28-12-9-15(10-13-28)19(25)26-16-7-8-18(17(21)14-16)27-20(22,23)24/h7-8,14-15,28H,2-6,9-13H2,1H3/t15-,28-. The van der Waals surface area contributed by atoms with Crippen LogP contribution in [0.1, 0.15) is 51.9 Å². The molecule has 1 saturated heterocycles. The lowest BCUT2D eigenvalue weighted by atomic mass is 10.0. The van der Waals surface area contributed by atoms with Crippen molar-refractivity contribution in [1.82, 2.24) is 0 Å². The highest BCUT2D eigenvalue weighted by Crippen LogP contribution is 2.31. The van der Waals surface area contributed by atoms with Crippen molar-refractivity contribution < 1.29 is 31.8 Å². The zero-order valence-electron chi connectivity index (χ0n) is 16.2. The van der Waals surface area contributed by atoms with Gasteiger partial charge in [-0.15, -0.1) is 13.2 Å². The summed E-state index contributed by atoms with van der Waals surface area (Å²) < 4.78 is 59.0. The summed E-state index contributed by atoms with van der Waals surface area (Å²) >= 11 is 0. The zero-order valence-corrected chi connectivity index (χ0v) is 17.3. The van der Waals surface area contributed by atoms with Gasteiger partial charge in [0.2, 0.25) is 0 Å². The van der Waals surface area contributed by atoms with Crippen LogP contribution in [-0.4, -0.2) is 21.1 Å². The first-order chi connectivity index (χ1) is 13.3. The molecule has 0 bridgehead atoms. The van der Waals surface area contributed by atoms with Crippen molar-refractivity contribution in [3.8, 4) is 11.5 Å². The first kappa shape index (κ1) is 22.7. The number of rotatable bonds is 9. The number of ether oxygens (including phenoxy) is 2. The van der Waals surface area contributed by atoms with Crippen LogP contribution in [0.25, 0.3) is 0 Å². The van der Waals surface area contributed by atoms with Crippen molar-refractivity contribution in [1.29, 1.82) is 0 Å². The van der Waals surface area contributed by atoms with Gasteiger partial charge >= 0.3 is 12.3 Å². The molecule has 1 aromatic carbocycles. The Bertz CT molecular complexity index is 628. The maximum absolute atomic E-state index is 13.7. The van der Waals surface area contributed by atoms with E-state index in [9.17, 15) is 22.4 Å². The molecular formula is C20H28F4O3Si. The monoisotopic (exact) mass is 420 g/mol. The molecule has 0 spiro atoms. The summed E-state index contributed by atoms with van der Waals surface area (Å²) in [7, 11) is -0.769. The average molecular weight is 421 g/mol. The Balaban J connectivity index is 1.76. The van der Waals surface area contributed by atoms with Crippen molar-refractivity contribution in [3.63, 3.8) is 0 Å². The van der Waals surface area contributed by atoms with Gasteiger partial charge in [-0.05, 0) is 25.0 Å². The highest BCUT2D eigenvalue weighted by molar-refractivity contribution is 6.59. The molecule has 3 nitrogen and oxygen atoms in total. The molecule has 0 aliphatic carbocycles. The normalized spacial score (nSPS) is 20.0. The van der Waals surface area contributed by atoms with Crippen molar-refractivity contribution in [2.75, 3.05) is 0 Å². The van der Waals surface area contributed by atoms with Gasteiger partial charge in [-0.2, -0.15) is 0 Å². The molecule has 0 radical (unpaired) electrons. The van der Waals surface area contributed by atoms with Crippen LogP contribution in [0.5, 0.6) is 11.5 Å². The maximum atomic E-state index is 13.7. The molecule has 2 rings (SSSR count). The fourth-order valence-corrected chi connectivity index (χ4v) is 7.15. The number of unbranched alkanes of at least 4 members (excludes halogenated alkanes) is 4. The molecule has 1 aliphatic heterocycles. The van der Waals surface area contributed by atoms with E-state index in [2.05, 4.69) is 11.7 Å². The molecule has 0 N–H and O–H groups in total. The van der Waals surface area contributed by atoms with Crippen LogP contribution in [0.3, 0.4) is 0 Å². The van der Waals surface area contributed by atoms with Gasteiger partial charge in [-0.25, -0.2) is 4.39 Å². The Labute approximate surface area is 165 Å². The van der Waals surface area contributed by atoms with Gasteiger partial charge in [0.15, 0.2) is 11.6 Å². The molecule has 0 saturated carbocycles. The summed E-state index contributed by atoms with van der Waals surface area (Å²) in [6.07, 6.45) is 3.04. The van der Waals surface area contributed by atoms with Crippen LogP contribution in [0.4, 0.5) is 17.6 Å². The second kappa shape index (κ2) is 10.8. The molecule has 0 atom stereocenters. The third-order valence-electron chi connectivity index (χ3n) is 5.24. The van der Waals surface area contributed by atoms with Crippen molar-refractivity contribution in [2.45, 2.75) is 76.4 Å². The van der Waals surface area contributed by atoms with E-state index in [4.69, 9.17) is 4.74 Å². The SMILES string of the molecule is CCCCCCC[Si@H]1CC[C@H](C(=O)Oc2ccc(OC(F)(F)F)c(F)c2)CC1. The molecular weight excluding hydrogens is 392 g/mol. The molecule has 1 fully saturated rings. The second-order valence-electron chi connectivity index (χ2n) is 7.48. The minimum absolute atomic E-state index is 0.104. The van der Waals surface area contributed by atoms with E-state index in [1.807, 2.05) is 0 Å². The quantitative estimate of drug-likeness (QED) is 0.156. The van der Waals surface area contributed by atoms with Gasteiger partial charge in [-0.1, -0.05) is 57.2 Å². The van der Waals surface area contributed by atoms with Crippen LogP contribution in [0.2, 0.25) is 18.1 Å². The average Bonchev–Trinajstić information content (AvgIpc) is 2.63. The van der Waals surface area contributed by atoms with Crippen molar-refractivity contribution in [3.05, 3.63) is 24.0 Å². The lowest BCUT2D eigenvalue weighted by molar-refractivity contribution is -0.275. The summed E-state index contributed by atoms with van der Waals surface area (Å²) in [6.45, 7) is 2.20. The van der Waals surface area contributed by atoms with E-state index in [1.165, 1.54) is 38.1 Å². The molecule has 0 unspecified atom stereocenters. The largest absolute Gasteiger partial charge is 0.573 e. The number of hydrogen-bond donors (Lipinski definition) is 0. The van der Waals surface area contributed by atoms with Crippen molar-refractivity contribution >= 4 is 14.8 Å². The highest BCUT2D eigenvalue weighted by Gasteiger charge is 2.33. The third kappa shape index (κ3) is 7.81. The number of alkyl halides is 3. The van der Waals surface area contributed by atoms with Gasteiger partial charge in [-0.3, -0.25) is 4.79 Å². The van der Waals surface area contributed by atoms with E-state index in [0.717, 1.165) is 43.1 Å². The molecule has 28 heavy (non-hydrogen) atoms. The van der Waals surface area contributed by atoms with Gasteiger partial charge in [0.25, 0.3) is 0 Å². The first-order valence-corrected chi connectivity index (χ1v) is 12.5. The number of carbonyl (C=O) groups is 1. The van der Waals surface area contributed by atoms with E-state index in [0.29, 0.717) is 0 Å². The zero-order chi connectivity index (χ0) is 20.6. The number of benzene rings is 1. The first-order valence-electron chi connectivity index (χ1n) is 10.1. The van der Waals surface area contributed by atoms with Crippen LogP contribution < -0.4 is 9.47 Å². The minimum Gasteiger partial charge on any atom is -0.426 e. The van der Waals surface area contributed by atoms with Crippen LogP contribution >= 0.6 is 0 Å². The van der Waals surface area contributed by atoms with Gasteiger partial charge < -0.3 is 9.47 Å².